The number of benzene rings is 4. The molecule has 0 spiro atoms. The number of carbonyl (C=O) groups excluding carboxylic acids is 4. The quantitative estimate of drug-likeness (QED) is 0.0220. The van der Waals surface area contributed by atoms with Gasteiger partial charge in [0.15, 0.2) is 0 Å². The van der Waals surface area contributed by atoms with Crippen molar-refractivity contribution in [3.63, 3.8) is 0 Å². The molecule has 0 saturated carbocycles. The van der Waals surface area contributed by atoms with Crippen LogP contribution >= 0.6 is 11.6 Å². The second-order valence-corrected chi connectivity index (χ2v) is 23.9. The number of piperazine rings is 1. The van der Waals surface area contributed by atoms with Crippen molar-refractivity contribution >= 4 is 84.6 Å². The van der Waals surface area contributed by atoms with Crippen molar-refractivity contribution in [2.24, 2.45) is 5.41 Å². The number of aryl methyl sites for hydroxylation is 1. The van der Waals surface area contributed by atoms with E-state index in [9.17, 15) is 37.7 Å². The molecule has 3 aromatic heterocycles. The average Bonchev–Trinajstić information content (AvgIpc) is 4.39. The monoisotopic (exact) mass is 1150 g/mol. The minimum atomic E-state index is -4.68. The highest BCUT2D eigenvalue weighted by atomic mass is 35.5. The number of fused-ring (bicyclic) bond motifs is 2. The average molecular weight is 1150 g/mol. The fraction of sp³-hybridized carbons (Fsp3) is 0.328. The van der Waals surface area contributed by atoms with Gasteiger partial charge in [0.1, 0.15) is 34.6 Å². The standard InChI is InChI=1S/C58H60ClN13O9S/c1-58(2)19-17-38(46(30-58)36-7-9-39(59)10-8-36)33-68-23-25-69(26-24-68)41-11-13-45(52(28-41)81-42-27-37-18-21-61-54(37)63-32-42)55(74)66-82(79,80)43-12-14-49(51(29-43)72(77)78)62-31-40-34-70(67-65-40)22-4-20-60-48-6-3-5-44-47(48)35-71(57(44)76)50-15-16-53(73)64-56(50)75/h3,5-14,18,21,27-29,32,34,50,60,62H,4,15-17,19-20,22-26,30-31,33,35H2,1-2H3,(H,61,63)(H,66,74)(H,64,73,75). The number of carbonyl (C=O) groups is 4. The lowest BCUT2D eigenvalue weighted by molar-refractivity contribution is -0.384. The van der Waals surface area contributed by atoms with Gasteiger partial charge in [0.2, 0.25) is 11.8 Å². The lowest BCUT2D eigenvalue weighted by atomic mass is 9.72. The number of H-pyrrole nitrogens is 1. The number of ether oxygens (including phenoxy) is 1. The van der Waals surface area contributed by atoms with Gasteiger partial charge in [-0.25, -0.2) is 18.1 Å². The first-order chi connectivity index (χ1) is 39.4. The number of piperidine rings is 1. The Bertz CT molecular complexity index is 3800. The van der Waals surface area contributed by atoms with Crippen LogP contribution in [0.5, 0.6) is 11.5 Å². The fourth-order valence-electron chi connectivity index (χ4n) is 11.1. The van der Waals surface area contributed by atoms with Gasteiger partial charge in [0.25, 0.3) is 27.5 Å². The molecule has 24 heteroatoms. The molecule has 424 valence electrons. The molecule has 3 aliphatic heterocycles. The third-order valence-electron chi connectivity index (χ3n) is 15.6. The Kier molecular flexibility index (Phi) is 15.5. The molecule has 2 fully saturated rings. The van der Waals surface area contributed by atoms with Crippen molar-refractivity contribution < 1.29 is 37.3 Å². The topological polar surface area (TPSA) is 272 Å². The highest BCUT2D eigenvalue weighted by molar-refractivity contribution is 7.90. The van der Waals surface area contributed by atoms with Crippen LogP contribution in [0, 0.1) is 15.5 Å². The molecule has 4 amide bonds. The van der Waals surface area contributed by atoms with E-state index in [2.05, 4.69) is 76.7 Å². The zero-order chi connectivity index (χ0) is 57.3. The number of nitrogens with zero attached hydrogens (tertiary/aromatic N) is 8. The second-order valence-electron chi connectivity index (χ2n) is 21.8. The minimum absolute atomic E-state index is 0.0111. The van der Waals surface area contributed by atoms with Gasteiger partial charge < -0.3 is 30.2 Å². The van der Waals surface area contributed by atoms with E-state index in [1.54, 1.807) is 47.4 Å². The molecule has 4 aromatic carbocycles. The molecule has 2 saturated heterocycles. The number of amides is 4. The van der Waals surface area contributed by atoms with Crippen LogP contribution in [0.1, 0.15) is 89.9 Å². The van der Waals surface area contributed by atoms with Gasteiger partial charge in [-0.15, -0.1) is 5.10 Å². The van der Waals surface area contributed by atoms with Crippen molar-refractivity contribution in [2.75, 3.05) is 54.8 Å². The summed E-state index contributed by atoms with van der Waals surface area (Å²) < 4.78 is 37.9. The second kappa shape index (κ2) is 23.1. The van der Waals surface area contributed by atoms with Crippen LogP contribution in [-0.4, -0.2) is 117 Å². The van der Waals surface area contributed by atoms with E-state index in [1.165, 1.54) is 46.0 Å². The SMILES string of the molecule is CC1(C)CCC(CN2CCN(c3ccc(C(=O)NS(=O)(=O)c4ccc(NCc5cn(CCCNc6cccc7c6CN(C6CCC(=O)NC6=O)C7=O)nn5)c([N+](=O)[O-])c4)c(Oc4cnc5[nH]ccc5c4)c3)CC2)=C(c2ccc(Cl)cc2)C1. The van der Waals surface area contributed by atoms with E-state index in [0.717, 1.165) is 67.3 Å². The number of anilines is 3. The molecule has 1 unspecified atom stereocenters. The van der Waals surface area contributed by atoms with Gasteiger partial charge in [-0.2, -0.15) is 0 Å². The number of hydrogen-bond donors (Lipinski definition) is 5. The number of pyridine rings is 1. The van der Waals surface area contributed by atoms with Gasteiger partial charge in [0, 0.05) is 110 Å². The molecular weight excluding hydrogens is 1090 g/mol. The van der Waals surface area contributed by atoms with E-state index in [-0.39, 0.29) is 60.2 Å². The van der Waals surface area contributed by atoms with Crippen LogP contribution in [0.4, 0.5) is 22.7 Å². The lowest BCUT2D eigenvalue weighted by Crippen LogP contribution is -2.52. The zero-order valence-corrected chi connectivity index (χ0v) is 46.7. The number of sulfonamides is 1. The number of aromatic nitrogens is 5. The maximum Gasteiger partial charge on any atom is 0.293 e. The molecule has 7 aromatic rings. The Labute approximate surface area is 477 Å². The van der Waals surface area contributed by atoms with Crippen molar-refractivity contribution in [1.82, 2.24) is 44.8 Å². The normalized spacial score (nSPS) is 17.5. The zero-order valence-electron chi connectivity index (χ0n) is 45.1. The van der Waals surface area contributed by atoms with Gasteiger partial charge in [-0.3, -0.25) is 44.2 Å². The first-order valence-electron chi connectivity index (χ1n) is 27.1. The van der Waals surface area contributed by atoms with Crippen LogP contribution < -0.4 is 30.3 Å². The van der Waals surface area contributed by atoms with E-state index in [1.807, 2.05) is 24.3 Å². The molecule has 1 atom stereocenters. The summed E-state index contributed by atoms with van der Waals surface area (Å²) >= 11 is 6.26. The number of halogens is 1. The Morgan fingerprint density at radius 3 is 2.56 bits per heavy atom. The molecule has 1 aliphatic carbocycles. The summed E-state index contributed by atoms with van der Waals surface area (Å²) in [5.41, 5.74) is 7.52. The van der Waals surface area contributed by atoms with E-state index >= 15 is 0 Å². The van der Waals surface area contributed by atoms with Gasteiger partial charge in [-0.05, 0) is 109 Å². The molecule has 6 heterocycles. The Morgan fingerprint density at radius 2 is 1.77 bits per heavy atom. The fourth-order valence-corrected chi connectivity index (χ4v) is 12.2. The summed E-state index contributed by atoms with van der Waals surface area (Å²) in [6.45, 7) is 9.67. The molecule has 5 N–H and O–H groups in total. The first kappa shape index (κ1) is 55.2. The summed E-state index contributed by atoms with van der Waals surface area (Å²) in [6, 6.07) is 24.6. The molecule has 11 rings (SSSR count). The molecule has 0 bridgehead atoms. The number of nitrogens with one attached hydrogen (secondary N) is 5. The summed E-state index contributed by atoms with van der Waals surface area (Å²) in [4.78, 5) is 76.4. The third-order valence-corrected chi connectivity index (χ3v) is 17.1. The van der Waals surface area contributed by atoms with Crippen LogP contribution in [-0.2, 0) is 39.2 Å². The molecule has 4 aliphatic rings. The molecular formula is C58H60ClN13O9S. The summed E-state index contributed by atoms with van der Waals surface area (Å²) in [5.74, 6) is -1.69. The number of rotatable bonds is 19. The number of imide groups is 1. The van der Waals surface area contributed by atoms with Gasteiger partial charge in [-0.1, -0.05) is 54.4 Å². The van der Waals surface area contributed by atoms with Crippen molar-refractivity contribution in [2.45, 2.75) is 82.9 Å². The van der Waals surface area contributed by atoms with E-state index < -0.39 is 43.4 Å². The lowest BCUT2D eigenvalue weighted by Gasteiger charge is -2.39. The smallest absolute Gasteiger partial charge is 0.293 e. The number of nitro groups is 1. The van der Waals surface area contributed by atoms with E-state index in [4.69, 9.17) is 16.3 Å². The highest BCUT2D eigenvalue weighted by Gasteiger charge is 2.40. The van der Waals surface area contributed by atoms with Gasteiger partial charge in [0.05, 0.1) is 34.3 Å². The number of hydrogen-bond acceptors (Lipinski definition) is 16. The number of allylic oxidation sites excluding steroid dienone is 1. The Balaban J connectivity index is 0.721. The van der Waals surface area contributed by atoms with Gasteiger partial charge >= 0.3 is 0 Å². The molecule has 0 radical (unpaired) electrons. The summed E-state index contributed by atoms with van der Waals surface area (Å²) in [6.07, 6.45) is 9.09. The maximum absolute atomic E-state index is 14.1. The van der Waals surface area contributed by atoms with Crippen LogP contribution in [0.2, 0.25) is 5.02 Å². The van der Waals surface area contributed by atoms with Crippen LogP contribution in [0.25, 0.3) is 16.6 Å². The predicted molar refractivity (Wildman–Crippen MR) is 308 cm³/mol. The maximum atomic E-state index is 14.1. The Morgan fingerprint density at radius 1 is 0.951 bits per heavy atom. The van der Waals surface area contributed by atoms with Crippen molar-refractivity contribution in [3.8, 4) is 11.5 Å². The minimum Gasteiger partial charge on any atom is -0.455 e. The summed E-state index contributed by atoms with van der Waals surface area (Å²) in [5, 5.41) is 30.9. The first-order valence-corrected chi connectivity index (χ1v) is 29.0. The van der Waals surface area contributed by atoms with E-state index in [0.29, 0.717) is 60.3 Å². The predicted octanol–water partition coefficient (Wildman–Crippen LogP) is 8.29. The molecule has 82 heavy (non-hydrogen) atoms. The highest BCUT2D eigenvalue weighted by Crippen LogP contribution is 2.44. The number of nitro benzene ring substituents is 1. The molecule has 22 nitrogen and oxygen atoms in total. The number of aromatic amines is 1. The van der Waals surface area contributed by atoms with Crippen molar-refractivity contribution in [1.29, 1.82) is 0 Å². The Hall–Kier alpha value is -8.67. The van der Waals surface area contributed by atoms with Crippen molar-refractivity contribution in [3.05, 3.63) is 158 Å². The third kappa shape index (κ3) is 12.2. The van der Waals surface area contributed by atoms with Crippen LogP contribution in [0.3, 0.4) is 0 Å². The largest absolute Gasteiger partial charge is 0.455 e. The summed E-state index contributed by atoms with van der Waals surface area (Å²) in [7, 11) is -4.68. The van der Waals surface area contributed by atoms with Crippen LogP contribution in [0.15, 0.2) is 120 Å².